The molecule has 0 aromatic carbocycles. The maximum Gasteiger partial charge on any atom is 0.169 e. The summed E-state index contributed by atoms with van der Waals surface area (Å²) in [6.45, 7) is 1.98. The molecule has 0 saturated carbocycles. The van der Waals surface area contributed by atoms with Crippen molar-refractivity contribution in [2.45, 2.75) is 6.92 Å². The molecule has 0 spiro atoms. The van der Waals surface area contributed by atoms with Crippen LogP contribution >= 0.6 is 23.9 Å². The van der Waals surface area contributed by atoms with Crippen LogP contribution in [0.4, 0.5) is 0 Å². The summed E-state index contributed by atoms with van der Waals surface area (Å²) in [5, 5.41) is 7.03. The van der Waals surface area contributed by atoms with Crippen molar-refractivity contribution in [3.8, 4) is 0 Å². The zero-order chi connectivity index (χ0) is 7.56. The van der Waals surface area contributed by atoms with Crippen molar-refractivity contribution in [2.75, 3.05) is 0 Å². The van der Waals surface area contributed by atoms with E-state index in [9.17, 15) is 0 Å². The molecule has 0 aromatic rings. The van der Waals surface area contributed by atoms with E-state index in [1.54, 1.807) is 3.82 Å². The minimum Gasteiger partial charge on any atom is -0.378 e. The smallest absolute Gasteiger partial charge is 0.169 e. The van der Waals surface area contributed by atoms with E-state index >= 15 is 0 Å². The zero-order valence-corrected chi connectivity index (χ0v) is 7.05. The summed E-state index contributed by atoms with van der Waals surface area (Å²) in [5.41, 5.74) is 8.06. The summed E-state index contributed by atoms with van der Waals surface area (Å²) in [7, 11) is 0. The van der Waals surface area contributed by atoms with Crippen molar-refractivity contribution in [3.63, 3.8) is 0 Å². The van der Waals surface area contributed by atoms with Gasteiger partial charge in [0.05, 0.1) is 0 Å². The van der Waals surface area contributed by atoms with Gasteiger partial charge >= 0.3 is 0 Å². The quantitative estimate of drug-likeness (QED) is 0.314. The largest absolute Gasteiger partial charge is 0.378 e. The minimum absolute atomic E-state index is 0.0862. The van der Waals surface area contributed by atoms with Crippen LogP contribution in [-0.4, -0.2) is 8.99 Å². The third kappa shape index (κ3) is 2.13. The molecular weight excluding hydrogens is 168 g/mol. The zero-order valence-electron chi connectivity index (χ0n) is 5.42. The fourth-order valence-corrected chi connectivity index (χ4v) is 1.96. The number of hydrogen-bond acceptors (Lipinski definition) is 5. The van der Waals surface area contributed by atoms with E-state index in [2.05, 4.69) is 5.43 Å². The van der Waals surface area contributed by atoms with Gasteiger partial charge in [-0.15, -0.1) is 0 Å². The normalized spacial score (nSPS) is 18.3. The van der Waals surface area contributed by atoms with E-state index in [1.807, 2.05) is 13.1 Å². The Labute approximate surface area is 68.0 Å². The van der Waals surface area contributed by atoms with Crippen LogP contribution in [0.1, 0.15) is 6.92 Å². The van der Waals surface area contributed by atoms with E-state index < -0.39 is 0 Å². The van der Waals surface area contributed by atoms with Crippen LogP contribution in [0.2, 0.25) is 0 Å². The number of allylic oxidation sites excluding steroid dienone is 1. The lowest BCUT2D eigenvalue weighted by Gasteiger charge is -2.10. The summed E-state index contributed by atoms with van der Waals surface area (Å²) >= 11 is 2.68. The molecule has 0 aromatic heterocycles. The van der Waals surface area contributed by atoms with Crippen LogP contribution in [0, 0.1) is 5.41 Å². The number of rotatable bonds is 1. The fourth-order valence-electron chi connectivity index (χ4n) is 0.461. The van der Waals surface area contributed by atoms with Gasteiger partial charge in [-0.05, 0) is 18.9 Å². The summed E-state index contributed by atoms with van der Waals surface area (Å²) < 4.78 is 1.72. The van der Waals surface area contributed by atoms with E-state index in [-0.39, 0.29) is 5.17 Å². The highest BCUT2D eigenvalue weighted by Crippen LogP contribution is 2.29. The molecule has 0 saturated heterocycles. The molecular formula is C4H8N4S2. The van der Waals surface area contributed by atoms with Crippen LogP contribution in [0.25, 0.3) is 0 Å². The molecule has 1 rings (SSSR count). The highest BCUT2D eigenvalue weighted by Gasteiger charge is 2.12. The van der Waals surface area contributed by atoms with Crippen LogP contribution in [-0.2, 0) is 0 Å². The molecule has 0 aliphatic carbocycles. The molecule has 56 valence electrons. The minimum atomic E-state index is 0.0862. The van der Waals surface area contributed by atoms with Gasteiger partial charge in [0.2, 0.25) is 0 Å². The summed E-state index contributed by atoms with van der Waals surface area (Å²) in [4.78, 5) is 1.16. The fraction of sp³-hybridized carbons (Fsp3) is 0.250. The maximum absolute atomic E-state index is 6.95. The Morgan fingerprint density at radius 1 is 2.00 bits per heavy atom. The van der Waals surface area contributed by atoms with Crippen LogP contribution in [0.3, 0.4) is 0 Å². The highest BCUT2D eigenvalue weighted by atomic mass is 32.2. The second kappa shape index (κ2) is 3.18. The molecule has 0 unspecified atom stereocenters. The summed E-state index contributed by atoms with van der Waals surface area (Å²) in [6.07, 6.45) is 1.86. The molecule has 4 N–H and O–H groups in total. The Morgan fingerprint density at radius 2 is 2.70 bits per heavy atom. The van der Waals surface area contributed by atoms with Crippen LogP contribution in [0.5, 0.6) is 0 Å². The Bertz CT molecular complexity index is 178. The molecule has 0 amide bonds. The second-order valence-corrected chi connectivity index (χ2v) is 4.10. The third-order valence-electron chi connectivity index (χ3n) is 0.781. The average molecular weight is 176 g/mol. The van der Waals surface area contributed by atoms with Gasteiger partial charge in [0.1, 0.15) is 0 Å². The third-order valence-corrected chi connectivity index (χ3v) is 2.37. The Kier molecular flexibility index (Phi) is 2.47. The molecule has 1 aliphatic rings. The Hall–Kier alpha value is -0.330. The molecule has 4 nitrogen and oxygen atoms in total. The van der Waals surface area contributed by atoms with Crippen LogP contribution in [0.15, 0.2) is 11.1 Å². The standard InChI is InChI=1S/C4H8N4S2/c1-3-2-7-8(9-3)10-4(5)6/h2,7H,1H3,(H3,5,6). The molecule has 10 heavy (non-hydrogen) atoms. The lowest BCUT2D eigenvalue weighted by molar-refractivity contribution is 0.672. The molecule has 1 heterocycles. The van der Waals surface area contributed by atoms with Gasteiger partial charge in [0, 0.05) is 23.1 Å². The molecule has 0 radical (unpaired) electrons. The molecule has 6 heteroatoms. The lowest BCUT2D eigenvalue weighted by atomic mass is 10.7. The van der Waals surface area contributed by atoms with Crippen LogP contribution < -0.4 is 11.2 Å². The van der Waals surface area contributed by atoms with Crippen molar-refractivity contribution in [3.05, 3.63) is 11.1 Å². The number of amidine groups is 1. The summed E-state index contributed by atoms with van der Waals surface area (Å²) in [5.74, 6) is 0. The number of hydrazine groups is 1. The number of nitrogens with one attached hydrogen (secondary N) is 2. The molecule has 0 bridgehead atoms. The maximum atomic E-state index is 6.95. The monoisotopic (exact) mass is 176 g/mol. The number of nitrogens with zero attached hydrogens (tertiary/aromatic N) is 1. The molecule has 0 atom stereocenters. The van der Waals surface area contributed by atoms with Crippen molar-refractivity contribution >= 4 is 29.1 Å². The Morgan fingerprint density at radius 3 is 3.10 bits per heavy atom. The van der Waals surface area contributed by atoms with Gasteiger partial charge in [-0.3, -0.25) is 5.41 Å². The SMILES string of the molecule is CC1=CNN(SC(=N)N)S1. The van der Waals surface area contributed by atoms with Crippen molar-refractivity contribution in [1.29, 1.82) is 5.41 Å². The lowest BCUT2D eigenvalue weighted by Crippen LogP contribution is -2.20. The van der Waals surface area contributed by atoms with Crippen molar-refractivity contribution < 1.29 is 0 Å². The highest BCUT2D eigenvalue weighted by molar-refractivity contribution is 8.21. The van der Waals surface area contributed by atoms with Gasteiger partial charge in [0.25, 0.3) is 0 Å². The van der Waals surface area contributed by atoms with Gasteiger partial charge in [-0.25, -0.2) is 0 Å². The van der Waals surface area contributed by atoms with E-state index in [0.717, 1.165) is 16.9 Å². The first-order valence-electron chi connectivity index (χ1n) is 2.61. The first-order chi connectivity index (χ1) is 4.68. The van der Waals surface area contributed by atoms with Crippen molar-refractivity contribution in [2.24, 2.45) is 5.73 Å². The summed E-state index contributed by atoms with van der Waals surface area (Å²) in [6, 6.07) is 0. The van der Waals surface area contributed by atoms with E-state index in [4.69, 9.17) is 11.1 Å². The van der Waals surface area contributed by atoms with Gasteiger partial charge in [-0.1, -0.05) is 3.82 Å². The predicted octanol–water partition coefficient (Wildman–Crippen LogP) is 0.858. The molecule has 1 aliphatic heterocycles. The molecule has 0 fully saturated rings. The first kappa shape index (κ1) is 7.77. The second-order valence-electron chi connectivity index (χ2n) is 1.69. The predicted molar refractivity (Wildman–Crippen MR) is 45.8 cm³/mol. The Balaban J connectivity index is 2.29. The van der Waals surface area contributed by atoms with Gasteiger partial charge in [0.15, 0.2) is 5.17 Å². The first-order valence-corrected chi connectivity index (χ1v) is 4.16. The average Bonchev–Trinajstić information content (AvgIpc) is 2.13. The van der Waals surface area contributed by atoms with Crippen molar-refractivity contribution in [1.82, 2.24) is 9.25 Å². The number of hydrogen-bond donors (Lipinski definition) is 3. The van der Waals surface area contributed by atoms with E-state index in [0.29, 0.717) is 0 Å². The van der Waals surface area contributed by atoms with E-state index in [1.165, 1.54) is 11.9 Å². The van der Waals surface area contributed by atoms with Gasteiger partial charge < -0.3 is 11.2 Å². The topological polar surface area (TPSA) is 65.1 Å². The number of nitrogens with two attached hydrogens (primary N) is 1. The van der Waals surface area contributed by atoms with Gasteiger partial charge in [-0.2, -0.15) is 0 Å².